The Hall–Kier alpha value is -6.29. The summed E-state index contributed by atoms with van der Waals surface area (Å²) >= 11 is 0. The van der Waals surface area contributed by atoms with Gasteiger partial charge in [0.1, 0.15) is 18.1 Å². The van der Waals surface area contributed by atoms with Crippen LogP contribution in [0.1, 0.15) is 114 Å². The van der Waals surface area contributed by atoms with E-state index in [1.165, 1.54) is 50.3 Å². The van der Waals surface area contributed by atoms with Crippen molar-refractivity contribution in [2.75, 3.05) is 73.5 Å². The average Bonchev–Trinajstić information content (AvgIpc) is 4.16. The molecule has 2 saturated heterocycles. The summed E-state index contributed by atoms with van der Waals surface area (Å²) in [5.74, 6) is -6.42. The molecule has 1 aromatic carbocycles. The monoisotopic (exact) mass is 1190 g/mol. The van der Waals surface area contributed by atoms with E-state index in [4.69, 9.17) is 19.9 Å². The Morgan fingerprint density at radius 1 is 0.831 bits per heavy atom. The third kappa shape index (κ3) is 20.5. The fraction of sp³-hybridized carbons (Fsp3) is 0.714. The van der Waals surface area contributed by atoms with Gasteiger partial charge < -0.3 is 56.3 Å². The van der Waals surface area contributed by atoms with Gasteiger partial charge >= 0.3 is 6.03 Å². The number of anilines is 1. The molecular weight excluding hydrogens is 1100 g/mol. The zero-order valence-corrected chi connectivity index (χ0v) is 51.7. The normalized spacial score (nSPS) is 18.8. The molecule has 0 spiro atoms. The molecular formula is C56H93N11O15S. The number of likely N-dealkylation sites (tertiary alicyclic amines) is 2. The molecule has 2 aliphatic heterocycles. The van der Waals surface area contributed by atoms with Crippen LogP contribution in [0.4, 0.5) is 10.5 Å². The predicted molar refractivity (Wildman–Crippen MR) is 308 cm³/mol. The van der Waals surface area contributed by atoms with E-state index in [-0.39, 0.29) is 110 Å². The lowest BCUT2D eigenvalue weighted by atomic mass is 9.90. The van der Waals surface area contributed by atoms with Crippen molar-refractivity contribution in [2.24, 2.45) is 35.3 Å². The SMILES string of the molecule is CC[C@H](C)[C@@H]([C@@H](CC(=O)N1CCC[C@H]1[C@H](OC)[C@@H](C)C(=O)NS(=O)(=O)c1ccc(NC(=O)[C@H](CCCNC(N)=O)NC(=O)[C@@H](NC(=O)CCOCCN2C(=O)CC(C)C2=O)C(C)C)cc1)OC)N(C)C(=O)[C@H](C)NC(=O)[C@H](C(C)C)N(C)C. The van der Waals surface area contributed by atoms with Crippen LogP contribution in [0.2, 0.25) is 0 Å². The number of ether oxygens (including phenoxy) is 3. The van der Waals surface area contributed by atoms with Gasteiger partial charge in [0.15, 0.2) is 0 Å². The van der Waals surface area contributed by atoms with E-state index in [1.807, 2.05) is 27.7 Å². The maximum absolute atomic E-state index is 14.3. The highest BCUT2D eigenvalue weighted by molar-refractivity contribution is 7.90. The lowest BCUT2D eigenvalue weighted by Gasteiger charge is -2.40. The molecule has 83 heavy (non-hydrogen) atoms. The van der Waals surface area contributed by atoms with Gasteiger partial charge in [-0.05, 0) is 88.7 Å². The van der Waals surface area contributed by atoms with Gasteiger partial charge in [-0.2, -0.15) is 0 Å². The second-order valence-corrected chi connectivity index (χ2v) is 24.3. The summed E-state index contributed by atoms with van der Waals surface area (Å²) < 4.78 is 46.8. The Bertz CT molecular complexity index is 2510. The number of hydrogen-bond acceptors (Lipinski definition) is 16. The number of carbonyl (C=O) groups excluding carboxylic acids is 10. The third-order valence-electron chi connectivity index (χ3n) is 15.4. The highest BCUT2D eigenvalue weighted by atomic mass is 32.2. The second kappa shape index (κ2) is 33.3. The molecule has 0 aliphatic carbocycles. The maximum atomic E-state index is 14.3. The van der Waals surface area contributed by atoms with Gasteiger partial charge in [-0.25, -0.2) is 17.9 Å². The second-order valence-electron chi connectivity index (χ2n) is 22.6. The van der Waals surface area contributed by atoms with Crippen molar-refractivity contribution in [3.8, 4) is 0 Å². The van der Waals surface area contributed by atoms with E-state index in [0.29, 0.717) is 25.8 Å². The summed E-state index contributed by atoms with van der Waals surface area (Å²) in [5, 5.41) is 13.3. The standard InChI is InChI=1S/C56H93N11O15S/c1-15-34(6)48(65(12)55(76)37(9)59-53(74)47(33(4)5)64(10)11)42(80-13)31-45(70)66-26-17-19-41(66)49(81-14)36(8)50(71)63-83(78,79)39-22-20-38(21-23-39)60-51(72)40(18-16-25-58-56(57)77)61-52(73)46(32(2)3)62-43(68)24-28-82-29-27-67-44(69)30-35(7)54(67)75/h20-23,32-37,40-42,46-49H,15-19,24-31H2,1-14H3,(H,59,74)(H,60,72)(H,61,73)(H,62,68)(H,63,71)(H3,57,58,77)/t34-,35?,36+,37-,40-,41-,42+,46-,47-,48-,49+/m0/s1. The van der Waals surface area contributed by atoms with Crippen LogP contribution in [0.5, 0.6) is 0 Å². The Balaban J connectivity index is 1.68. The molecule has 1 aromatic rings. The Kier molecular flexibility index (Phi) is 28.4. The number of hydrogen-bond donors (Lipinski definition) is 7. The molecule has 0 radical (unpaired) electrons. The first-order valence-electron chi connectivity index (χ1n) is 28.5. The van der Waals surface area contributed by atoms with Crippen LogP contribution in [0.15, 0.2) is 29.2 Å². The van der Waals surface area contributed by atoms with Crippen molar-refractivity contribution in [3.63, 3.8) is 0 Å². The Morgan fingerprint density at radius 3 is 2.02 bits per heavy atom. The summed E-state index contributed by atoms with van der Waals surface area (Å²) in [5.41, 5.74) is 5.33. The maximum Gasteiger partial charge on any atom is 0.312 e. The number of nitrogens with one attached hydrogen (secondary N) is 6. The minimum atomic E-state index is -4.52. The number of imide groups is 1. The van der Waals surface area contributed by atoms with Gasteiger partial charge in [0.05, 0.1) is 67.3 Å². The van der Waals surface area contributed by atoms with Crippen molar-refractivity contribution >= 4 is 74.9 Å². The van der Waals surface area contributed by atoms with Crippen LogP contribution >= 0.6 is 0 Å². The minimum absolute atomic E-state index is 0.00263. The molecule has 0 bridgehead atoms. The molecule has 2 aliphatic rings. The molecule has 11 atom stereocenters. The van der Waals surface area contributed by atoms with Crippen molar-refractivity contribution in [2.45, 2.75) is 167 Å². The van der Waals surface area contributed by atoms with Crippen molar-refractivity contribution in [3.05, 3.63) is 24.3 Å². The van der Waals surface area contributed by atoms with Gasteiger partial charge in [0, 0.05) is 58.8 Å². The molecule has 2 fully saturated rings. The molecule has 468 valence electrons. The fourth-order valence-corrected chi connectivity index (χ4v) is 11.7. The number of carbonyl (C=O) groups is 10. The molecule has 11 amide bonds. The first-order valence-corrected chi connectivity index (χ1v) is 30.0. The van der Waals surface area contributed by atoms with Crippen LogP contribution in [0, 0.1) is 29.6 Å². The number of nitrogens with two attached hydrogens (primary N) is 1. The lowest BCUT2D eigenvalue weighted by molar-refractivity contribution is -0.147. The number of methoxy groups -OCH3 is 2. The Labute approximate surface area is 489 Å². The molecule has 0 aromatic heterocycles. The smallest absolute Gasteiger partial charge is 0.312 e. The third-order valence-corrected chi connectivity index (χ3v) is 16.7. The van der Waals surface area contributed by atoms with Gasteiger partial charge in [0.2, 0.25) is 53.2 Å². The summed E-state index contributed by atoms with van der Waals surface area (Å²) in [6.07, 6.45) is 0.00720. The molecule has 3 rings (SSSR count). The zero-order valence-electron chi connectivity index (χ0n) is 50.9. The number of primary amides is 1. The van der Waals surface area contributed by atoms with Crippen molar-refractivity contribution < 1.29 is 70.6 Å². The van der Waals surface area contributed by atoms with Crippen LogP contribution in [-0.4, -0.2) is 204 Å². The number of rotatable bonds is 34. The highest BCUT2D eigenvalue weighted by Crippen LogP contribution is 2.30. The van der Waals surface area contributed by atoms with E-state index in [9.17, 15) is 56.4 Å². The zero-order chi connectivity index (χ0) is 62.6. The molecule has 26 nitrogen and oxygen atoms in total. The van der Waals surface area contributed by atoms with Gasteiger partial charge in [-0.3, -0.25) is 53.0 Å². The van der Waals surface area contributed by atoms with E-state index >= 15 is 0 Å². The van der Waals surface area contributed by atoms with Gasteiger partial charge in [0.25, 0.3) is 10.0 Å². The lowest BCUT2D eigenvalue weighted by Crippen LogP contribution is -2.57. The molecule has 1 unspecified atom stereocenters. The summed E-state index contributed by atoms with van der Waals surface area (Å²) in [6.45, 7) is 16.4. The number of benzene rings is 1. The molecule has 8 N–H and O–H groups in total. The van der Waals surface area contributed by atoms with E-state index < -0.39 is 106 Å². The van der Waals surface area contributed by atoms with Crippen LogP contribution in [0.3, 0.4) is 0 Å². The average molecular weight is 1190 g/mol. The number of nitrogens with zero attached hydrogens (tertiary/aromatic N) is 4. The predicted octanol–water partition coefficient (Wildman–Crippen LogP) is 1.32. The highest BCUT2D eigenvalue weighted by Gasteiger charge is 2.43. The summed E-state index contributed by atoms with van der Waals surface area (Å²) in [6, 6.07) is -0.736. The van der Waals surface area contributed by atoms with Crippen LogP contribution in [0.25, 0.3) is 0 Å². The fourth-order valence-electron chi connectivity index (χ4n) is 10.7. The summed E-state index contributed by atoms with van der Waals surface area (Å²) in [7, 11) is 3.56. The number of likely N-dealkylation sites (N-methyl/N-ethyl adjacent to an activating group) is 2. The molecule has 2 heterocycles. The van der Waals surface area contributed by atoms with E-state index in [1.54, 1.807) is 58.6 Å². The largest absolute Gasteiger partial charge is 0.379 e. The molecule has 0 saturated carbocycles. The number of sulfonamides is 1. The first-order chi connectivity index (χ1) is 38.9. The first kappa shape index (κ1) is 71.0. The summed E-state index contributed by atoms with van der Waals surface area (Å²) in [4.78, 5) is 137. The van der Waals surface area contributed by atoms with Gasteiger partial charge in [-0.15, -0.1) is 0 Å². The minimum Gasteiger partial charge on any atom is -0.379 e. The van der Waals surface area contributed by atoms with Crippen LogP contribution < -0.4 is 37.0 Å². The molecule has 27 heteroatoms. The van der Waals surface area contributed by atoms with Gasteiger partial charge in [-0.1, -0.05) is 61.8 Å². The quantitative estimate of drug-likeness (QED) is 0.0378. The number of urea groups is 1. The number of amides is 11. The van der Waals surface area contributed by atoms with Crippen LogP contribution in [-0.2, 0) is 67.4 Å². The topological polar surface area (TPSA) is 344 Å². The van der Waals surface area contributed by atoms with E-state index in [0.717, 1.165) is 4.90 Å². The van der Waals surface area contributed by atoms with Crippen molar-refractivity contribution in [1.82, 2.24) is 45.6 Å². The Morgan fingerprint density at radius 2 is 1.48 bits per heavy atom. The van der Waals surface area contributed by atoms with E-state index in [2.05, 4.69) is 31.3 Å². The van der Waals surface area contributed by atoms with Crippen molar-refractivity contribution in [1.29, 1.82) is 0 Å².